The monoisotopic (exact) mass is 272 g/mol. The van der Waals surface area contributed by atoms with Crippen molar-refractivity contribution >= 4 is 17.0 Å². The lowest BCUT2D eigenvalue weighted by Crippen LogP contribution is -2.19. The summed E-state index contributed by atoms with van der Waals surface area (Å²) in [6.45, 7) is 7.33. The highest BCUT2D eigenvalue weighted by molar-refractivity contribution is 6.01. The number of aromatic carboxylic acids is 1. The second-order valence-corrected chi connectivity index (χ2v) is 6.24. The van der Waals surface area contributed by atoms with Crippen molar-refractivity contribution in [2.75, 3.05) is 0 Å². The quantitative estimate of drug-likeness (QED) is 0.927. The fraction of sp³-hybridized carbons (Fsp3) is 0.500. The van der Waals surface area contributed by atoms with E-state index in [4.69, 9.17) is 0 Å². The lowest BCUT2D eigenvalue weighted by molar-refractivity contribution is 0.0698. The van der Waals surface area contributed by atoms with E-state index in [9.17, 15) is 9.90 Å². The standard InChI is InChI=1S/C16H20N2O2/c1-10(2)16(7-8-16)9-18-11(3)17-13-6-4-5-12(14(13)18)15(19)20/h4-6,10H,7-9H2,1-3H3,(H,19,20). The van der Waals surface area contributed by atoms with Crippen molar-refractivity contribution in [1.29, 1.82) is 0 Å². The first-order valence-electron chi connectivity index (χ1n) is 7.14. The third-order valence-corrected chi connectivity index (χ3v) is 4.78. The smallest absolute Gasteiger partial charge is 0.337 e. The van der Waals surface area contributed by atoms with Crippen LogP contribution in [-0.4, -0.2) is 20.6 Å². The van der Waals surface area contributed by atoms with E-state index in [1.165, 1.54) is 12.8 Å². The van der Waals surface area contributed by atoms with Crippen LogP contribution in [0.25, 0.3) is 11.0 Å². The Hall–Kier alpha value is -1.84. The summed E-state index contributed by atoms with van der Waals surface area (Å²) in [7, 11) is 0. The van der Waals surface area contributed by atoms with Gasteiger partial charge in [0.25, 0.3) is 0 Å². The highest BCUT2D eigenvalue weighted by Gasteiger charge is 2.46. The molecule has 1 fully saturated rings. The summed E-state index contributed by atoms with van der Waals surface area (Å²) in [4.78, 5) is 16.0. The van der Waals surface area contributed by atoms with Gasteiger partial charge in [-0.25, -0.2) is 9.78 Å². The number of nitrogens with zero attached hydrogens (tertiary/aromatic N) is 2. The molecule has 1 aromatic carbocycles. The fourth-order valence-corrected chi connectivity index (χ4v) is 3.06. The van der Waals surface area contributed by atoms with Gasteiger partial charge in [0, 0.05) is 6.54 Å². The van der Waals surface area contributed by atoms with Crippen molar-refractivity contribution in [3.8, 4) is 0 Å². The van der Waals surface area contributed by atoms with Crippen LogP contribution in [0.15, 0.2) is 18.2 Å². The van der Waals surface area contributed by atoms with Crippen LogP contribution in [0.5, 0.6) is 0 Å². The number of carboxylic acid groups (broad SMARTS) is 1. The molecule has 0 spiro atoms. The highest BCUT2D eigenvalue weighted by atomic mass is 16.4. The molecule has 106 valence electrons. The topological polar surface area (TPSA) is 55.1 Å². The third kappa shape index (κ3) is 1.90. The van der Waals surface area contributed by atoms with Gasteiger partial charge in [-0.05, 0) is 43.2 Å². The van der Waals surface area contributed by atoms with E-state index in [0.29, 0.717) is 16.9 Å². The van der Waals surface area contributed by atoms with Gasteiger partial charge in [-0.3, -0.25) is 0 Å². The van der Waals surface area contributed by atoms with Crippen LogP contribution in [0, 0.1) is 18.3 Å². The van der Waals surface area contributed by atoms with Crippen molar-refractivity contribution in [3.63, 3.8) is 0 Å². The van der Waals surface area contributed by atoms with Gasteiger partial charge in [-0.15, -0.1) is 0 Å². The lowest BCUT2D eigenvalue weighted by Gasteiger charge is -2.21. The average Bonchev–Trinajstić information content (AvgIpc) is 3.10. The number of carboxylic acids is 1. The largest absolute Gasteiger partial charge is 0.478 e. The number of para-hydroxylation sites is 1. The third-order valence-electron chi connectivity index (χ3n) is 4.78. The summed E-state index contributed by atoms with van der Waals surface area (Å²) in [5.74, 6) is 0.628. The Balaban J connectivity index is 2.15. The molecule has 4 nitrogen and oxygen atoms in total. The molecular weight excluding hydrogens is 252 g/mol. The molecule has 0 aliphatic heterocycles. The van der Waals surface area contributed by atoms with Crippen LogP contribution in [0.4, 0.5) is 0 Å². The Bertz CT molecular complexity index is 681. The number of hydrogen-bond donors (Lipinski definition) is 1. The van der Waals surface area contributed by atoms with Gasteiger partial charge < -0.3 is 9.67 Å². The number of hydrogen-bond acceptors (Lipinski definition) is 2. The Morgan fingerprint density at radius 1 is 1.45 bits per heavy atom. The summed E-state index contributed by atoms with van der Waals surface area (Å²) >= 11 is 0. The van der Waals surface area contributed by atoms with Crippen molar-refractivity contribution < 1.29 is 9.90 Å². The van der Waals surface area contributed by atoms with Crippen LogP contribution in [0.3, 0.4) is 0 Å². The van der Waals surface area contributed by atoms with E-state index in [1.807, 2.05) is 13.0 Å². The van der Waals surface area contributed by atoms with Gasteiger partial charge in [-0.2, -0.15) is 0 Å². The Kier molecular flexibility index (Phi) is 2.85. The molecule has 1 aliphatic rings. The van der Waals surface area contributed by atoms with E-state index in [0.717, 1.165) is 23.4 Å². The van der Waals surface area contributed by atoms with Gasteiger partial charge in [0.05, 0.1) is 16.6 Å². The molecule has 1 heterocycles. The maximum atomic E-state index is 11.5. The second-order valence-electron chi connectivity index (χ2n) is 6.24. The van der Waals surface area contributed by atoms with Crippen molar-refractivity contribution in [3.05, 3.63) is 29.6 Å². The van der Waals surface area contributed by atoms with Gasteiger partial charge in [0.1, 0.15) is 5.82 Å². The summed E-state index contributed by atoms with van der Waals surface area (Å²) in [5, 5.41) is 9.40. The summed E-state index contributed by atoms with van der Waals surface area (Å²) in [5.41, 5.74) is 2.22. The van der Waals surface area contributed by atoms with Gasteiger partial charge in [0.15, 0.2) is 0 Å². The number of aromatic nitrogens is 2. The van der Waals surface area contributed by atoms with E-state index >= 15 is 0 Å². The fourth-order valence-electron chi connectivity index (χ4n) is 3.06. The Morgan fingerprint density at radius 3 is 2.70 bits per heavy atom. The number of carbonyl (C=O) groups is 1. The Morgan fingerprint density at radius 2 is 2.15 bits per heavy atom. The predicted molar refractivity (Wildman–Crippen MR) is 77.9 cm³/mol. The summed E-state index contributed by atoms with van der Waals surface area (Å²) in [6.07, 6.45) is 2.44. The molecule has 1 aromatic heterocycles. The predicted octanol–water partition coefficient (Wildman–Crippen LogP) is 3.48. The summed E-state index contributed by atoms with van der Waals surface area (Å²) < 4.78 is 2.10. The van der Waals surface area contributed by atoms with Crippen molar-refractivity contribution in [1.82, 2.24) is 9.55 Å². The van der Waals surface area contributed by atoms with Crippen LogP contribution in [-0.2, 0) is 6.54 Å². The number of aryl methyl sites for hydroxylation is 1. The molecule has 1 aliphatic carbocycles. The zero-order valence-corrected chi connectivity index (χ0v) is 12.2. The lowest BCUT2D eigenvalue weighted by atomic mass is 9.92. The molecule has 20 heavy (non-hydrogen) atoms. The van der Waals surface area contributed by atoms with Crippen LogP contribution in [0.1, 0.15) is 42.9 Å². The minimum absolute atomic E-state index is 0.323. The normalized spacial score (nSPS) is 16.8. The molecule has 0 saturated heterocycles. The molecular formula is C16H20N2O2. The van der Waals surface area contributed by atoms with Gasteiger partial charge >= 0.3 is 5.97 Å². The summed E-state index contributed by atoms with van der Waals surface area (Å²) in [6, 6.07) is 5.31. The number of imidazole rings is 1. The van der Waals surface area contributed by atoms with Gasteiger partial charge in [-0.1, -0.05) is 19.9 Å². The molecule has 0 radical (unpaired) electrons. The SMILES string of the molecule is Cc1nc2cccc(C(=O)O)c2n1CC1(C(C)C)CC1. The van der Waals surface area contributed by atoms with Gasteiger partial charge in [0.2, 0.25) is 0 Å². The zero-order chi connectivity index (χ0) is 14.5. The number of benzene rings is 1. The number of rotatable bonds is 4. The zero-order valence-electron chi connectivity index (χ0n) is 12.2. The molecule has 2 aromatic rings. The molecule has 0 bridgehead atoms. The number of fused-ring (bicyclic) bond motifs is 1. The van der Waals surface area contributed by atoms with Crippen LogP contribution in [0.2, 0.25) is 0 Å². The first-order chi connectivity index (χ1) is 9.44. The molecule has 0 atom stereocenters. The molecule has 4 heteroatoms. The molecule has 0 amide bonds. The van der Waals surface area contributed by atoms with Crippen molar-refractivity contribution in [2.45, 2.75) is 40.2 Å². The molecule has 0 unspecified atom stereocenters. The van der Waals surface area contributed by atoms with E-state index in [-0.39, 0.29) is 0 Å². The van der Waals surface area contributed by atoms with Crippen molar-refractivity contribution in [2.24, 2.45) is 11.3 Å². The second kappa shape index (κ2) is 4.33. The minimum Gasteiger partial charge on any atom is -0.478 e. The first-order valence-corrected chi connectivity index (χ1v) is 7.14. The maximum Gasteiger partial charge on any atom is 0.337 e. The maximum absolute atomic E-state index is 11.5. The first kappa shape index (κ1) is 13.2. The molecule has 1 saturated carbocycles. The van der Waals surface area contributed by atoms with E-state index < -0.39 is 5.97 Å². The highest BCUT2D eigenvalue weighted by Crippen LogP contribution is 2.53. The molecule has 1 N–H and O–H groups in total. The Labute approximate surface area is 118 Å². The van der Waals surface area contributed by atoms with Crippen LogP contribution >= 0.6 is 0 Å². The molecule has 3 rings (SSSR count). The average molecular weight is 272 g/mol. The van der Waals surface area contributed by atoms with E-state index in [2.05, 4.69) is 23.4 Å². The minimum atomic E-state index is -0.883. The van der Waals surface area contributed by atoms with E-state index in [1.54, 1.807) is 12.1 Å². The van der Waals surface area contributed by atoms with Crippen LogP contribution < -0.4 is 0 Å².